The third-order valence-electron chi connectivity index (χ3n) is 6.21. The van der Waals surface area contributed by atoms with E-state index in [-0.39, 0.29) is 0 Å². The first-order chi connectivity index (χ1) is 15.2. The normalized spacial score (nSPS) is 13.3. The Labute approximate surface area is 180 Å². The number of benzene rings is 4. The van der Waals surface area contributed by atoms with Gasteiger partial charge in [-0.15, -0.1) is 0 Å². The molecule has 2 aliphatic rings. The zero-order valence-corrected chi connectivity index (χ0v) is 17.1. The summed E-state index contributed by atoms with van der Waals surface area (Å²) in [5.74, 6) is 0.372. The molecule has 4 nitrogen and oxygen atoms in total. The Bertz CT molecular complexity index is 1390. The van der Waals surface area contributed by atoms with E-state index in [1.54, 1.807) is 7.11 Å². The zero-order chi connectivity index (χ0) is 20.9. The number of nitrogens with zero attached hydrogens (tertiary/aromatic N) is 1. The van der Waals surface area contributed by atoms with Gasteiger partial charge in [-0.05, 0) is 39.8 Å². The van der Waals surface area contributed by atoms with Crippen LogP contribution in [0.2, 0.25) is 0 Å². The van der Waals surface area contributed by atoms with Gasteiger partial charge in [-0.25, -0.2) is 5.06 Å². The summed E-state index contributed by atoms with van der Waals surface area (Å²) in [6.07, 6.45) is 4.30. The number of amidine groups is 1. The van der Waals surface area contributed by atoms with E-state index < -0.39 is 0 Å². The predicted molar refractivity (Wildman–Crippen MR) is 128 cm³/mol. The highest BCUT2D eigenvalue weighted by Gasteiger charge is 2.26. The topological polar surface area (TPSA) is 48.4 Å². The predicted octanol–water partition coefficient (Wildman–Crippen LogP) is 6.31. The molecule has 1 aliphatic heterocycles. The number of nitrogens with one attached hydrogen (secondary N) is 2. The average Bonchev–Trinajstić information content (AvgIpc) is 3.24. The van der Waals surface area contributed by atoms with Gasteiger partial charge in [0.25, 0.3) is 0 Å². The fourth-order valence-corrected chi connectivity index (χ4v) is 4.78. The number of rotatable bonds is 3. The zero-order valence-electron chi connectivity index (χ0n) is 17.1. The highest BCUT2D eigenvalue weighted by molar-refractivity contribution is 6.17. The van der Waals surface area contributed by atoms with Crippen LogP contribution in [-0.2, 0) is 11.4 Å². The Morgan fingerprint density at radius 3 is 2.58 bits per heavy atom. The van der Waals surface area contributed by atoms with Crippen molar-refractivity contribution in [3.8, 4) is 11.1 Å². The van der Waals surface area contributed by atoms with E-state index in [9.17, 15) is 0 Å². The van der Waals surface area contributed by atoms with Crippen molar-refractivity contribution in [1.29, 1.82) is 5.41 Å². The van der Waals surface area contributed by atoms with Gasteiger partial charge in [0.2, 0.25) is 0 Å². The summed E-state index contributed by atoms with van der Waals surface area (Å²) in [6.45, 7) is 0.686. The molecule has 6 rings (SSSR count). The lowest BCUT2D eigenvalue weighted by Gasteiger charge is -2.32. The van der Waals surface area contributed by atoms with Crippen molar-refractivity contribution in [3.05, 3.63) is 95.1 Å². The molecule has 0 radical (unpaired) electrons. The number of hydrogen-bond acceptors (Lipinski definition) is 3. The van der Waals surface area contributed by atoms with Gasteiger partial charge in [-0.3, -0.25) is 10.2 Å². The maximum absolute atomic E-state index is 8.98. The van der Waals surface area contributed by atoms with Crippen molar-refractivity contribution in [3.63, 3.8) is 0 Å². The second-order valence-corrected chi connectivity index (χ2v) is 7.88. The molecule has 4 aromatic rings. The summed E-state index contributed by atoms with van der Waals surface area (Å²) >= 11 is 0. The SMILES string of the molecule is CON1Cc2ccccc2-c2c(C(=N)Nc3ccc4c5c(cccc35)C=C4)cccc21. The van der Waals surface area contributed by atoms with Crippen LogP contribution in [0.15, 0.2) is 72.8 Å². The molecule has 0 amide bonds. The minimum absolute atomic E-state index is 0.372. The molecule has 0 unspecified atom stereocenters. The molecule has 150 valence electrons. The second kappa shape index (κ2) is 6.83. The Morgan fingerprint density at radius 2 is 1.71 bits per heavy atom. The summed E-state index contributed by atoms with van der Waals surface area (Å²) < 4.78 is 0. The van der Waals surface area contributed by atoms with Gasteiger partial charge in [0, 0.05) is 22.2 Å². The van der Waals surface area contributed by atoms with Gasteiger partial charge < -0.3 is 5.32 Å². The molecule has 4 heteroatoms. The summed E-state index contributed by atoms with van der Waals surface area (Å²) in [5.41, 5.74) is 8.60. The van der Waals surface area contributed by atoms with Crippen LogP contribution in [0.25, 0.3) is 34.1 Å². The van der Waals surface area contributed by atoms with Crippen molar-refractivity contribution in [1.82, 2.24) is 0 Å². The lowest BCUT2D eigenvalue weighted by atomic mass is 9.90. The quantitative estimate of drug-likeness (QED) is 0.274. The molecule has 0 saturated heterocycles. The van der Waals surface area contributed by atoms with Crippen molar-refractivity contribution < 1.29 is 4.84 Å². The molecule has 0 spiro atoms. The molecule has 2 N–H and O–H groups in total. The molecule has 0 bridgehead atoms. The van der Waals surface area contributed by atoms with Crippen molar-refractivity contribution in [2.45, 2.75) is 6.54 Å². The molecule has 1 heterocycles. The minimum Gasteiger partial charge on any atom is -0.340 e. The van der Waals surface area contributed by atoms with Crippen LogP contribution in [-0.4, -0.2) is 12.9 Å². The highest BCUT2D eigenvalue weighted by atomic mass is 16.7. The van der Waals surface area contributed by atoms with Crippen molar-refractivity contribution in [2.75, 3.05) is 17.5 Å². The van der Waals surface area contributed by atoms with Gasteiger partial charge >= 0.3 is 0 Å². The van der Waals surface area contributed by atoms with Gasteiger partial charge in [-0.1, -0.05) is 72.8 Å². The first-order valence-electron chi connectivity index (χ1n) is 10.4. The molecule has 0 aromatic heterocycles. The third kappa shape index (κ3) is 2.69. The first-order valence-corrected chi connectivity index (χ1v) is 10.4. The number of hydrogen-bond donors (Lipinski definition) is 2. The molecule has 31 heavy (non-hydrogen) atoms. The van der Waals surface area contributed by atoms with Crippen molar-refractivity contribution >= 4 is 40.1 Å². The van der Waals surface area contributed by atoms with Gasteiger partial charge in [0.1, 0.15) is 5.84 Å². The first kappa shape index (κ1) is 17.9. The average molecular weight is 403 g/mol. The maximum atomic E-state index is 8.98. The summed E-state index contributed by atoms with van der Waals surface area (Å²) in [6, 6.07) is 24.9. The second-order valence-electron chi connectivity index (χ2n) is 7.88. The molecule has 1 aliphatic carbocycles. The largest absolute Gasteiger partial charge is 0.340 e. The fraction of sp³-hybridized carbons (Fsp3) is 0.0741. The van der Waals surface area contributed by atoms with Crippen molar-refractivity contribution in [2.24, 2.45) is 0 Å². The van der Waals surface area contributed by atoms with Crippen LogP contribution in [0, 0.1) is 5.41 Å². The monoisotopic (exact) mass is 403 g/mol. The highest BCUT2D eigenvalue weighted by Crippen LogP contribution is 2.42. The van der Waals surface area contributed by atoms with Crippen LogP contribution in [0.4, 0.5) is 11.4 Å². The maximum Gasteiger partial charge on any atom is 0.130 e. The molecule has 0 fully saturated rings. The van der Waals surface area contributed by atoms with Crippen LogP contribution in [0.3, 0.4) is 0 Å². The Balaban J connectivity index is 1.47. The lowest BCUT2D eigenvalue weighted by molar-refractivity contribution is 0.162. The van der Waals surface area contributed by atoms with Crippen LogP contribution >= 0.6 is 0 Å². The van der Waals surface area contributed by atoms with E-state index in [0.29, 0.717) is 12.4 Å². The van der Waals surface area contributed by atoms with Gasteiger partial charge in [0.05, 0.1) is 19.3 Å². The number of fused-ring (bicyclic) bond motifs is 3. The van der Waals surface area contributed by atoms with Gasteiger partial charge in [-0.2, -0.15) is 0 Å². The lowest BCUT2D eigenvalue weighted by Crippen LogP contribution is -2.27. The minimum atomic E-state index is 0.372. The Hall–Kier alpha value is -3.89. The number of hydroxylamine groups is 1. The molecule has 0 saturated carbocycles. The smallest absolute Gasteiger partial charge is 0.130 e. The fourth-order valence-electron chi connectivity index (χ4n) is 4.78. The Morgan fingerprint density at radius 1 is 0.903 bits per heavy atom. The summed E-state index contributed by atoms with van der Waals surface area (Å²) in [4.78, 5) is 5.65. The Kier molecular flexibility index (Phi) is 3.95. The van der Waals surface area contributed by atoms with E-state index >= 15 is 0 Å². The summed E-state index contributed by atoms with van der Waals surface area (Å²) in [7, 11) is 1.69. The third-order valence-corrected chi connectivity index (χ3v) is 6.21. The van der Waals surface area contributed by atoms with Crippen LogP contribution < -0.4 is 10.4 Å². The summed E-state index contributed by atoms with van der Waals surface area (Å²) in [5, 5.41) is 16.6. The molecule has 0 atom stereocenters. The molecular formula is C27H21N3O. The molecule has 4 aromatic carbocycles. The van der Waals surface area contributed by atoms with E-state index in [0.717, 1.165) is 33.5 Å². The standard InChI is InChI=1S/C27H21N3O/c1-31-30-16-19-6-2-3-8-20(19)26-22(10-5-11-24(26)30)27(28)29-23-15-14-18-13-12-17-7-4-9-21(23)25(17)18/h2-15H,16H2,1H3,(H2,28,29). The molecular weight excluding hydrogens is 382 g/mol. The van der Waals surface area contributed by atoms with Crippen LogP contribution in [0.1, 0.15) is 22.3 Å². The van der Waals surface area contributed by atoms with E-state index in [2.05, 4.69) is 72.1 Å². The van der Waals surface area contributed by atoms with E-state index in [4.69, 9.17) is 10.2 Å². The number of anilines is 2. The van der Waals surface area contributed by atoms with Crippen LogP contribution in [0.5, 0.6) is 0 Å². The van der Waals surface area contributed by atoms with E-state index in [1.807, 2.05) is 23.3 Å². The van der Waals surface area contributed by atoms with E-state index in [1.165, 1.54) is 22.1 Å². The van der Waals surface area contributed by atoms with Gasteiger partial charge in [0.15, 0.2) is 0 Å².